The van der Waals surface area contributed by atoms with Crippen molar-refractivity contribution in [1.82, 2.24) is 14.8 Å². The molecule has 6 nitrogen and oxygen atoms in total. The first kappa shape index (κ1) is 20.2. The molecule has 0 atom stereocenters. The first-order valence-electron chi connectivity index (χ1n) is 9.85. The summed E-state index contributed by atoms with van der Waals surface area (Å²) in [5.74, 6) is 0.160. The number of methoxy groups -OCH3 is 1. The second-order valence-corrected chi connectivity index (χ2v) is 7.56. The first-order valence-corrected chi connectivity index (χ1v) is 10.2. The van der Waals surface area contributed by atoms with Crippen LogP contribution in [0.3, 0.4) is 0 Å². The molecule has 1 aliphatic rings. The minimum Gasteiger partial charge on any atom is -0.481 e. The zero-order valence-corrected chi connectivity index (χ0v) is 17.4. The van der Waals surface area contributed by atoms with E-state index in [4.69, 9.17) is 16.3 Å². The summed E-state index contributed by atoms with van der Waals surface area (Å²) in [4.78, 5) is 33.9. The third-order valence-corrected chi connectivity index (χ3v) is 5.62. The molecule has 154 valence electrons. The highest BCUT2D eigenvalue weighted by atomic mass is 35.5. The van der Waals surface area contributed by atoms with Gasteiger partial charge in [-0.25, -0.2) is 4.98 Å². The Balaban J connectivity index is 1.52. The van der Waals surface area contributed by atoms with E-state index in [0.29, 0.717) is 54.8 Å². The van der Waals surface area contributed by atoms with Crippen LogP contribution in [0.15, 0.2) is 54.6 Å². The van der Waals surface area contributed by atoms with Crippen molar-refractivity contribution in [3.63, 3.8) is 0 Å². The number of halogens is 1. The van der Waals surface area contributed by atoms with Gasteiger partial charge in [0.2, 0.25) is 5.88 Å². The fraction of sp³-hybridized carbons (Fsp3) is 0.261. The quantitative estimate of drug-likeness (QED) is 0.641. The van der Waals surface area contributed by atoms with Gasteiger partial charge in [0.05, 0.1) is 17.7 Å². The third kappa shape index (κ3) is 3.96. The fourth-order valence-electron chi connectivity index (χ4n) is 3.72. The molecule has 4 rings (SSSR count). The largest absolute Gasteiger partial charge is 0.481 e. The lowest BCUT2D eigenvalue weighted by molar-refractivity contribution is 0.0715. The molecule has 1 aromatic heterocycles. The van der Waals surface area contributed by atoms with E-state index in [0.717, 1.165) is 10.8 Å². The predicted molar refractivity (Wildman–Crippen MR) is 116 cm³/mol. The number of rotatable bonds is 3. The molecule has 1 fully saturated rings. The van der Waals surface area contributed by atoms with Gasteiger partial charge in [-0.3, -0.25) is 9.59 Å². The minimum absolute atomic E-state index is 0.111. The molecule has 7 heteroatoms. The van der Waals surface area contributed by atoms with E-state index in [2.05, 4.69) is 4.98 Å². The van der Waals surface area contributed by atoms with Crippen LogP contribution in [0.4, 0.5) is 0 Å². The van der Waals surface area contributed by atoms with Crippen LogP contribution >= 0.6 is 11.6 Å². The van der Waals surface area contributed by atoms with Crippen molar-refractivity contribution < 1.29 is 14.3 Å². The Labute approximate surface area is 180 Å². The van der Waals surface area contributed by atoms with Gasteiger partial charge in [0.15, 0.2) is 0 Å². The number of aromatic nitrogens is 1. The van der Waals surface area contributed by atoms with Gasteiger partial charge in [0.25, 0.3) is 11.8 Å². The molecule has 2 heterocycles. The van der Waals surface area contributed by atoms with Crippen molar-refractivity contribution in [3.8, 4) is 5.88 Å². The summed E-state index contributed by atoms with van der Waals surface area (Å²) < 4.78 is 5.39. The maximum atomic E-state index is 13.1. The van der Waals surface area contributed by atoms with Gasteiger partial charge in [-0.15, -0.1) is 0 Å². The van der Waals surface area contributed by atoms with Crippen LogP contribution in [0.1, 0.15) is 27.3 Å². The lowest BCUT2D eigenvalue weighted by atomic mass is 10.1. The van der Waals surface area contributed by atoms with E-state index in [1.807, 2.05) is 24.3 Å². The Kier molecular flexibility index (Phi) is 5.86. The van der Waals surface area contributed by atoms with E-state index >= 15 is 0 Å². The molecule has 0 radical (unpaired) electrons. The number of nitrogens with zero attached hydrogens (tertiary/aromatic N) is 3. The van der Waals surface area contributed by atoms with Crippen molar-refractivity contribution in [3.05, 3.63) is 70.9 Å². The molecule has 0 unspecified atom stereocenters. The number of ether oxygens (including phenoxy) is 1. The molecule has 2 aromatic carbocycles. The standard InChI is InChI=1S/C23H22ClN3O3/c1-30-21-17-8-3-2-7-16(17)15-20(25-21)23(29)27-12-6-11-26(13-14-27)22(28)18-9-4-5-10-19(18)24/h2-5,7-10,15H,6,11-14H2,1H3. The van der Waals surface area contributed by atoms with Crippen LogP contribution in [-0.4, -0.2) is 59.9 Å². The van der Waals surface area contributed by atoms with Gasteiger partial charge in [-0.1, -0.05) is 41.9 Å². The zero-order chi connectivity index (χ0) is 21.1. The average molecular weight is 424 g/mol. The van der Waals surface area contributed by atoms with Crippen LogP contribution in [0.5, 0.6) is 5.88 Å². The number of benzene rings is 2. The predicted octanol–water partition coefficient (Wildman–Crippen LogP) is 3.89. The molecule has 0 aliphatic carbocycles. The van der Waals surface area contributed by atoms with Crippen LogP contribution in [0.25, 0.3) is 10.8 Å². The summed E-state index contributed by atoms with van der Waals surface area (Å²) in [7, 11) is 1.55. The zero-order valence-electron chi connectivity index (χ0n) is 16.7. The number of pyridine rings is 1. The first-order chi connectivity index (χ1) is 14.6. The highest BCUT2D eigenvalue weighted by Crippen LogP contribution is 2.25. The number of hydrogen-bond donors (Lipinski definition) is 0. The summed E-state index contributed by atoms with van der Waals surface area (Å²) in [6.07, 6.45) is 0.687. The molecule has 2 amide bonds. The third-order valence-electron chi connectivity index (χ3n) is 5.29. The van der Waals surface area contributed by atoms with Gasteiger partial charge >= 0.3 is 0 Å². The van der Waals surface area contributed by atoms with Crippen LogP contribution in [0, 0.1) is 0 Å². The van der Waals surface area contributed by atoms with E-state index < -0.39 is 0 Å². The normalized spacial score (nSPS) is 14.5. The highest BCUT2D eigenvalue weighted by Gasteiger charge is 2.25. The number of hydrogen-bond acceptors (Lipinski definition) is 4. The lowest BCUT2D eigenvalue weighted by Gasteiger charge is -2.22. The van der Waals surface area contributed by atoms with Gasteiger partial charge in [-0.05, 0) is 36.1 Å². The Bertz CT molecular complexity index is 1100. The summed E-state index contributed by atoms with van der Waals surface area (Å²) >= 11 is 6.18. The second kappa shape index (κ2) is 8.71. The molecule has 3 aromatic rings. The number of amides is 2. The summed E-state index contributed by atoms with van der Waals surface area (Å²) in [6.45, 7) is 2.01. The van der Waals surface area contributed by atoms with Crippen molar-refractivity contribution in [2.24, 2.45) is 0 Å². The van der Waals surface area contributed by atoms with Crippen LogP contribution < -0.4 is 4.74 Å². The maximum absolute atomic E-state index is 13.1. The SMILES string of the molecule is COc1nc(C(=O)N2CCCN(C(=O)c3ccccc3Cl)CC2)cc2ccccc12. The van der Waals surface area contributed by atoms with E-state index in [-0.39, 0.29) is 11.8 Å². The number of fused-ring (bicyclic) bond motifs is 1. The maximum Gasteiger partial charge on any atom is 0.272 e. The average Bonchev–Trinajstić information content (AvgIpc) is 3.04. The lowest BCUT2D eigenvalue weighted by Crippen LogP contribution is -2.37. The molecule has 0 bridgehead atoms. The molecule has 0 saturated carbocycles. The van der Waals surface area contributed by atoms with Crippen molar-refractivity contribution in [2.45, 2.75) is 6.42 Å². The smallest absolute Gasteiger partial charge is 0.272 e. The van der Waals surface area contributed by atoms with Gasteiger partial charge in [0, 0.05) is 31.6 Å². The molecule has 1 aliphatic heterocycles. The Morgan fingerprint density at radius 3 is 2.33 bits per heavy atom. The van der Waals surface area contributed by atoms with Crippen molar-refractivity contribution in [2.75, 3.05) is 33.3 Å². The van der Waals surface area contributed by atoms with E-state index in [1.54, 1.807) is 47.2 Å². The summed E-state index contributed by atoms with van der Waals surface area (Å²) in [6, 6.07) is 16.5. The fourth-order valence-corrected chi connectivity index (χ4v) is 3.94. The molecular formula is C23H22ClN3O3. The Hall–Kier alpha value is -3.12. The number of carbonyl (C=O) groups is 2. The van der Waals surface area contributed by atoms with Crippen molar-refractivity contribution >= 4 is 34.2 Å². The van der Waals surface area contributed by atoms with Crippen LogP contribution in [0.2, 0.25) is 5.02 Å². The van der Waals surface area contributed by atoms with E-state index in [9.17, 15) is 9.59 Å². The number of carbonyl (C=O) groups excluding carboxylic acids is 2. The van der Waals surface area contributed by atoms with E-state index in [1.165, 1.54) is 0 Å². The molecular weight excluding hydrogens is 402 g/mol. The Morgan fingerprint density at radius 2 is 1.60 bits per heavy atom. The van der Waals surface area contributed by atoms with Gasteiger partial charge in [-0.2, -0.15) is 0 Å². The molecule has 0 spiro atoms. The van der Waals surface area contributed by atoms with Crippen LogP contribution in [-0.2, 0) is 0 Å². The second-order valence-electron chi connectivity index (χ2n) is 7.16. The monoisotopic (exact) mass is 423 g/mol. The van der Waals surface area contributed by atoms with Gasteiger partial charge in [0.1, 0.15) is 5.69 Å². The highest BCUT2D eigenvalue weighted by molar-refractivity contribution is 6.33. The molecule has 30 heavy (non-hydrogen) atoms. The molecule has 0 N–H and O–H groups in total. The van der Waals surface area contributed by atoms with Gasteiger partial charge < -0.3 is 14.5 Å². The topological polar surface area (TPSA) is 62.7 Å². The Morgan fingerprint density at radius 1 is 0.933 bits per heavy atom. The minimum atomic E-state index is -0.161. The van der Waals surface area contributed by atoms with Crippen molar-refractivity contribution in [1.29, 1.82) is 0 Å². The molecule has 1 saturated heterocycles. The summed E-state index contributed by atoms with van der Waals surface area (Å²) in [5.41, 5.74) is 0.830. The summed E-state index contributed by atoms with van der Waals surface area (Å²) in [5, 5.41) is 2.20.